The molecule has 1 aliphatic heterocycles. The highest BCUT2D eigenvalue weighted by Gasteiger charge is 2.32. The van der Waals surface area contributed by atoms with Crippen molar-refractivity contribution in [2.24, 2.45) is 0 Å². The van der Waals surface area contributed by atoms with Gasteiger partial charge < -0.3 is 4.90 Å². The summed E-state index contributed by atoms with van der Waals surface area (Å²) in [5.74, 6) is -0.602. The number of nitrogens with zero attached hydrogens (tertiary/aromatic N) is 2. The van der Waals surface area contributed by atoms with Gasteiger partial charge in [-0.2, -0.15) is 0 Å². The lowest BCUT2D eigenvalue weighted by atomic mass is 10.0. The fraction of sp³-hybridized carbons (Fsp3) is 0.273. The van der Waals surface area contributed by atoms with Crippen LogP contribution in [0.2, 0.25) is 0 Å². The van der Waals surface area contributed by atoms with Gasteiger partial charge in [-0.25, -0.2) is 0 Å². The van der Waals surface area contributed by atoms with Gasteiger partial charge in [-0.3, -0.25) is 19.8 Å². The monoisotopic (exact) mass is 363 g/mol. The van der Waals surface area contributed by atoms with E-state index in [4.69, 9.17) is 0 Å². The number of carbonyl (C=O) groups excluding carboxylic acids is 2. The molecule has 0 aromatic heterocycles. The largest absolute Gasteiger partial charge is 0.308 e. The molecule has 140 valence electrons. The van der Waals surface area contributed by atoms with E-state index in [1.54, 1.807) is 0 Å². The number of benzene rings is 2. The van der Waals surface area contributed by atoms with Crippen molar-refractivity contribution in [2.45, 2.75) is 6.54 Å². The second-order valence-electron chi connectivity index (χ2n) is 7.00. The Kier molecular flexibility index (Phi) is 6.16. The first kappa shape index (κ1) is 19.0. The fourth-order valence-electron chi connectivity index (χ4n) is 3.17. The summed E-state index contributed by atoms with van der Waals surface area (Å²) in [7, 11) is 4.06. The first-order chi connectivity index (χ1) is 13.0. The first-order valence-corrected chi connectivity index (χ1v) is 9.10. The van der Waals surface area contributed by atoms with Crippen molar-refractivity contribution < 1.29 is 9.59 Å². The van der Waals surface area contributed by atoms with Crippen molar-refractivity contribution in [2.75, 3.05) is 33.7 Å². The number of likely N-dealkylation sites (N-methyl/N-ethyl adjacent to an activating group) is 1. The summed E-state index contributed by atoms with van der Waals surface area (Å²) in [6, 6.07) is 19.6. The second kappa shape index (κ2) is 8.75. The van der Waals surface area contributed by atoms with E-state index in [1.165, 1.54) is 5.56 Å². The molecule has 2 aromatic carbocycles. The van der Waals surface area contributed by atoms with Crippen molar-refractivity contribution in [1.82, 2.24) is 15.1 Å². The molecule has 0 aliphatic carbocycles. The molecule has 0 saturated carbocycles. The van der Waals surface area contributed by atoms with Crippen LogP contribution in [-0.4, -0.2) is 55.3 Å². The van der Waals surface area contributed by atoms with Crippen LogP contribution in [0, 0.1) is 0 Å². The molecule has 5 nitrogen and oxygen atoms in total. The minimum Gasteiger partial charge on any atom is -0.308 e. The highest BCUT2D eigenvalue weighted by molar-refractivity contribution is 6.36. The highest BCUT2D eigenvalue weighted by Crippen LogP contribution is 2.25. The van der Waals surface area contributed by atoms with Crippen LogP contribution in [0.4, 0.5) is 0 Å². The molecule has 5 heteroatoms. The third-order valence-corrected chi connectivity index (χ3v) is 4.59. The van der Waals surface area contributed by atoms with Crippen molar-refractivity contribution in [3.05, 3.63) is 77.4 Å². The standard InChI is InChI=1S/C22H25N3O2/c1-24(2)13-14-25(15-17-9-5-3-6-10-17)16-19-20(22(27)23-21(19)26)18-11-7-4-8-12-18/h3-12H,13-16H2,1-2H3,(H,23,26,27). The average Bonchev–Trinajstić information content (AvgIpc) is 2.94. The van der Waals surface area contributed by atoms with Crippen molar-refractivity contribution in [3.63, 3.8) is 0 Å². The number of rotatable bonds is 8. The van der Waals surface area contributed by atoms with E-state index in [0.29, 0.717) is 17.7 Å². The zero-order valence-electron chi connectivity index (χ0n) is 15.8. The molecule has 0 atom stereocenters. The van der Waals surface area contributed by atoms with Crippen LogP contribution in [-0.2, 0) is 16.1 Å². The lowest BCUT2D eigenvalue weighted by Gasteiger charge is -2.24. The van der Waals surface area contributed by atoms with Gasteiger partial charge in [-0.15, -0.1) is 0 Å². The zero-order valence-corrected chi connectivity index (χ0v) is 15.8. The van der Waals surface area contributed by atoms with E-state index in [-0.39, 0.29) is 11.8 Å². The quantitative estimate of drug-likeness (QED) is 0.731. The number of hydrogen-bond donors (Lipinski definition) is 1. The predicted molar refractivity (Wildman–Crippen MR) is 107 cm³/mol. The van der Waals surface area contributed by atoms with Gasteiger partial charge in [0.25, 0.3) is 11.8 Å². The van der Waals surface area contributed by atoms with Crippen LogP contribution in [0.1, 0.15) is 11.1 Å². The van der Waals surface area contributed by atoms with Gasteiger partial charge >= 0.3 is 0 Å². The number of amides is 2. The van der Waals surface area contributed by atoms with Crippen molar-refractivity contribution >= 4 is 17.4 Å². The van der Waals surface area contributed by atoms with E-state index in [9.17, 15) is 9.59 Å². The van der Waals surface area contributed by atoms with Crippen LogP contribution < -0.4 is 5.32 Å². The molecular weight excluding hydrogens is 338 g/mol. The fourth-order valence-corrected chi connectivity index (χ4v) is 3.17. The van der Waals surface area contributed by atoms with Gasteiger partial charge in [0, 0.05) is 31.8 Å². The van der Waals surface area contributed by atoms with Crippen LogP contribution in [0.25, 0.3) is 5.57 Å². The van der Waals surface area contributed by atoms with Crippen LogP contribution in [0.15, 0.2) is 66.2 Å². The third-order valence-electron chi connectivity index (χ3n) is 4.59. The maximum Gasteiger partial charge on any atom is 0.259 e. The molecule has 1 heterocycles. The summed E-state index contributed by atoms with van der Waals surface area (Å²) >= 11 is 0. The molecule has 0 unspecified atom stereocenters. The lowest BCUT2D eigenvalue weighted by Crippen LogP contribution is -2.34. The summed E-state index contributed by atoms with van der Waals surface area (Å²) < 4.78 is 0. The summed E-state index contributed by atoms with van der Waals surface area (Å²) in [4.78, 5) is 29.2. The summed E-state index contributed by atoms with van der Waals surface area (Å²) in [6.07, 6.45) is 0. The molecule has 3 rings (SSSR count). The molecule has 2 amide bonds. The zero-order chi connectivity index (χ0) is 19.2. The molecule has 1 aliphatic rings. The molecule has 0 radical (unpaired) electrons. The molecule has 27 heavy (non-hydrogen) atoms. The van der Waals surface area contributed by atoms with Gasteiger partial charge in [0.1, 0.15) is 0 Å². The summed E-state index contributed by atoms with van der Waals surface area (Å²) in [5.41, 5.74) is 3.00. The highest BCUT2D eigenvalue weighted by atomic mass is 16.2. The van der Waals surface area contributed by atoms with Crippen molar-refractivity contribution in [1.29, 1.82) is 0 Å². The Morgan fingerprint density at radius 3 is 2.04 bits per heavy atom. The number of imide groups is 1. The van der Waals surface area contributed by atoms with Gasteiger partial charge in [-0.1, -0.05) is 60.7 Å². The lowest BCUT2D eigenvalue weighted by molar-refractivity contribution is -0.123. The number of nitrogens with one attached hydrogen (secondary N) is 1. The smallest absolute Gasteiger partial charge is 0.259 e. The second-order valence-corrected chi connectivity index (χ2v) is 7.00. The van der Waals surface area contributed by atoms with Crippen LogP contribution >= 0.6 is 0 Å². The number of carbonyl (C=O) groups is 2. The number of hydrogen-bond acceptors (Lipinski definition) is 4. The van der Waals surface area contributed by atoms with Gasteiger partial charge in [0.15, 0.2) is 0 Å². The van der Waals surface area contributed by atoms with Gasteiger partial charge in [-0.05, 0) is 25.2 Å². The summed E-state index contributed by atoms with van der Waals surface area (Å²) in [5, 5.41) is 2.46. The molecule has 1 N–H and O–H groups in total. The Morgan fingerprint density at radius 2 is 1.41 bits per heavy atom. The van der Waals surface area contributed by atoms with Crippen LogP contribution in [0.3, 0.4) is 0 Å². The van der Waals surface area contributed by atoms with E-state index in [1.807, 2.05) is 62.6 Å². The Labute approximate surface area is 160 Å². The Bertz CT molecular complexity index is 829. The maximum atomic E-state index is 12.5. The maximum absolute atomic E-state index is 12.5. The van der Waals surface area contributed by atoms with E-state index >= 15 is 0 Å². The van der Waals surface area contributed by atoms with Gasteiger partial charge in [0.2, 0.25) is 0 Å². The van der Waals surface area contributed by atoms with Gasteiger partial charge in [0.05, 0.1) is 5.57 Å². The topological polar surface area (TPSA) is 52.6 Å². The Hall–Kier alpha value is -2.76. The molecule has 0 bridgehead atoms. The Morgan fingerprint density at radius 1 is 0.778 bits per heavy atom. The normalized spacial score (nSPS) is 14.4. The summed E-state index contributed by atoms with van der Waals surface area (Å²) in [6.45, 7) is 2.83. The first-order valence-electron chi connectivity index (χ1n) is 9.10. The van der Waals surface area contributed by atoms with E-state index < -0.39 is 0 Å². The van der Waals surface area contributed by atoms with E-state index in [0.717, 1.165) is 25.2 Å². The van der Waals surface area contributed by atoms with Crippen LogP contribution in [0.5, 0.6) is 0 Å². The molecule has 0 spiro atoms. The minimum absolute atomic E-state index is 0.290. The molecule has 2 aromatic rings. The van der Waals surface area contributed by atoms with Crippen molar-refractivity contribution in [3.8, 4) is 0 Å². The molecule has 0 fully saturated rings. The molecule has 0 saturated heterocycles. The predicted octanol–water partition coefficient (Wildman–Crippen LogP) is 2.16. The SMILES string of the molecule is CN(C)CCN(CC1=C(c2ccccc2)C(=O)NC1=O)Cc1ccccc1. The Balaban J connectivity index is 1.88. The molecular formula is C22H25N3O2. The van der Waals surface area contributed by atoms with E-state index in [2.05, 4.69) is 27.2 Å². The minimum atomic E-state index is -0.312. The third kappa shape index (κ3) is 4.90. The average molecular weight is 363 g/mol.